The molecule has 0 aliphatic carbocycles. The first kappa shape index (κ1) is 21.4. The summed E-state index contributed by atoms with van der Waals surface area (Å²) < 4.78 is 5.72. The van der Waals surface area contributed by atoms with E-state index < -0.39 is 0 Å². The molecule has 32 heavy (non-hydrogen) atoms. The van der Waals surface area contributed by atoms with Gasteiger partial charge in [-0.1, -0.05) is 60.5 Å². The molecule has 0 unspecified atom stereocenters. The minimum atomic E-state index is -0.380. The van der Waals surface area contributed by atoms with Crippen LogP contribution in [0, 0.1) is 13.8 Å². The maximum absolute atomic E-state index is 13.5. The molecule has 0 fully saturated rings. The zero-order chi connectivity index (χ0) is 22.7. The van der Waals surface area contributed by atoms with Gasteiger partial charge < -0.3 is 10.1 Å². The van der Waals surface area contributed by atoms with Crippen molar-refractivity contribution in [1.29, 1.82) is 0 Å². The van der Waals surface area contributed by atoms with Crippen LogP contribution in [-0.4, -0.2) is 18.4 Å². The Kier molecular flexibility index (Phi) is 6.08. The first-order valence-electron chi connectivity index (χ1n) is 10.7. The van der Waals surface area contributed by atoms with Crippen LogP contribution < -0.4 is 15.0 Å². The average molecular weight is 427 g/mol. The van der Waals surface area contributed by atoms with Crippen molar-refractivity contribution in [2.24, 2.45) is 0 Å². The molecule has 1 aliphatic heterocycles. The zero-order valence-electron chi connectivity index (χ0n) is 18.5. The number of ether oxygens (including phenoxy) is 1. The molecule has 1 heterocycles. The van der Waals surface area contributed by atoms with Gasteiger partial charge in [-0.25, -0.2) is 4.90 Å². The van der Waals surface area contributed by atoms with E-state index in [2.05, 4.69) is 5.32 Å². The minimum Gasteiger partial charge on any atom is -0.494 e. The highest BCUT2D eigenvalue weighted by Gasteiger charge is 2.40. The van der Waals surface area contributed by atoms with E-state index in [0.717, 1.165) is 17.5 Å². The average Bonchev–Trinajstić information content (AvgIpc) is 3.03. The summed E-state index contributed by atoms with van der Waals surface area (Å²) >= 11 is 0. The standard InChI is InChI=1S/C27H26N2O3/c1-4-16-32-23-7-5-6-21(17-23)28-25-24(20-12-8-18(2)9-13-20)26(30)29(27(25)31)22-14-10-19(3)11-15-22/h5-15,17,28H,4,16H2,1-3H3. The Hall–Kier alpha value is -3.86. The lowest BCUT2D eigenvalue weighted by molar-refractivity contribution is -0.120. The predicted molar refractivity (Wildman–Crippen MR) is 128 cm³/mol. The van der Waals surface area contributed by atoms with Gasteiger partial charge in [0.25, 0.3) is 11.8 Å². The van der Waals surface area contributed by atoms with Crippen LogP contribution in [0.2, 0.25) is 0 Å². The van der Waals surface area contributed by atoms with Crippen LogP contribution in [0.3, 0.4) is 0 Å². The highest BCUT2D eigenvalue weighted by atomic mass is 16.5. The second-order valence-corrected chi connectivity index (χ2v) is 7.90. The molecule has 4 rings (SSSR count). The maximum atomic E-state index is 13.5. The molecular weight excluding hydrogens is 400 g/mol. The molecule has 0 radical (unpaired) electrons. The van der Waals surface area contributed by atoms with Crippen molar-refractivity contribution in [1.82, 2.24) is 0 Å². The number of benzene rings is 3. The summed E-state index contributed by atoms with van der Waals surface area (Å²) in [6, 6.07) is 22.4. The van der Waals surface area contributed by atoms with Crippen LogP contribution in [0.25, 0.3) is 5.57 Å². The van der Waals surface area contributed by atoms with E-state index in [4.69, 9.17) is 4.74 Å². The van der Waals surface area contributed by atoms with Gasteiger partial charge in [0, 0.05) is 11.8 Å². The third-order valence-electron chi connectivity index (χ3n) is 5.29. The Balaban J connectivity index is 1.75. The molecule has 0 aromatic heterocycles. The summed E-state index contributed by atoms with van der Waals surface area (Å²) in [5.41, 5.74) is 4.68. The number of carbonyl (C=O) groups is 2. The Labute approximate surface area is 188 Å². The first-order chi connectivity index (χ1) is 15.5. The van der Waals surface area contributed by atoms with Gasteiger partial charge in [0.1, 0.15) is 11.4 Å². The summed E-state index contributed by atoms with van der Waals surface area (Å²) in [5.74, 6) is -0.0144. The molecule has 3 aromatic carbocycles. The molecule has 0 saturated carbocycles. The Morgan fingerprint density at radius 3 is 2.16 bits per heavy atom. The summed E-state index contributed by atoms with van der Waals surface area (Å²) in [5, 5.41) is 3.20. The first-order valence-corrected chi connectivity index (χ1v) is 10.7. The van der Waals surface area contributed by atoms with Crippen molar-refractivity contribution < 1.29 is 14.3 Å². The number of anilines is 2. The molecular formula is C27H26N2O3. The molecule has 0 spiro atoms. The van der Waals surface area contributed by atoms with Crippen molar-refractivity contribution in [2.75, 3.05) is 16.8 Å². The van der Waals surface area contributed by atoms with Crippen LogP contribution >= 0.6 is 0 Å². The molecule has 1 N–H and O–H groups in total. The molecule has 0 atom stereocenters. The highest BCUT2D eigenvalue weighted by Crippen LogP contribution is 2.34. The molecule has 3 aromatic rings. The van der Waals surface area contributed by atoms with E-state index in [9.17, 15) is 9.59 Å². The van der Waals surface area contributed by atoms with Gasteiger partial charge in [0.2, 0.25) is 0 Å². The van der Waals surface area contributed by atoms with Crippen molar-refractivity contribution in [2.45, 2.75) is 27.2 Å². The van der Waals surface area contributed by atoms with E-state index >= 15 is 0 Å². The molecule has 0 saturated heterocycles. The lowest BCUT2D eigenvalue weighted by atomic mass is 10.0. The molecule has 162 valence electrons. The SMILES string of the molecule is CCCOc1cccc(NC2=C(c3ccc(C)cc3)C(=O)N(c3ccc(C)cc3)C2=O)c1. The molecule has 5 nitrogen and oxygen atoms in total. The summed E-state index contributed by atoms with van der Waals surface area (Å²) in [7, 11) is 0. The van der Waals surface area contributed by atoms with Crippen molar-refractivity contribution in [3.63, 3.8) is 0 Å². The monoisotopic (exact) mass is 426 g/mol. The number of hydrogen-bond acceptors (Lipinski definition) is 4. The quantitative estimate of drug-likeness (QED) is 0.508. The molecule has 2 amide bonds. The minimum absolute atomic E-state index is 0.257. The lowest BCUT2D eigenvalue weighted by Crippen LogP contribution is -2.32. The summed E-state index contributed by atoms with van der Waals surface area (Å²) in [6.07, 6.45) is 0.902. The van der Waals surface area contributed by atoms with E-state index in [1.165, 1.54) is 4.90 Å². The van der Waals surface area contributed by atoms with Gasteiger partial charge in [0.15, 0.2) is 0 Å². The smallest absolute Gasteiger partial charge is 0.282 e. The van der Waals surface area contributed by atoms with E-state index in [0.29, 0.717) is 34.9 Å². The van der Waals surface area contributed by atoms with E-state index in [-0.39, 0.29) is 17.5 Å². The second-order valence-electron chi connectivity index (χ2n) is 7.90. The van der Waals surface area contributed by atoms with Crippen LogP contribution in [0.4, 0.5) is 11.4 Å². The summed E-state index contributed by atoms with van der Waals surface area (Å²) in [6.45, 7) is 6.61. The second kappa shape index (κ2) is 9.10. The fourth-order valence-electron chi connectivity index (χ4n) is 3.59. The number of nitrogens with zero attached hydrogens (tertiary/aromatic N) is 1. The van der Waals surface area contributed by atoms with Gasteiger partial charge in [-0.05, 0) is 50.1 Å². The molecule has 1 aliphatic rings. The number of hydrogen-bond donors (Lipinski definition) is 1. The number of carbonyl (C=O) groups excluding carboxylic acids is 2. The van der Waals surface area contributed by atoms with Gasteiger partial charge in [-0.3, -0.25) is 9.59 Å². The Bertz CT molecular complexity index is 1180. The van der Waals surface area contributed by atoms with Crippen molar-refractivity contribution >= 4 is 28.8 Å². The van der Waals surface area contributed by atoms with Crippen molar-refractivity contribution in [3.05, 3.63) is 95.2 Å². The third-order valence-corrected chi connectivity index (χ3v) is 5.29. The van der Waals surface area contributed by atoms with Gasteiger partial charge >= 0.3 is 0 Å². The lowest BCUT2D eigenvalue weighted by Gasteiger charge is -2.16. The Morgan fingerprint density at radius 2 is 1.50 bits per heavy atom. The van der Waals surface area contributed by atoms with Gasteiger partial charge in [-0.2, -0.15) is 0 Å². The third kappa shape index (κ3) is 4.28. The number of nitrogens with one attached hydrogen (secondary N) is 1. The van der Waals surface area contributed by atoms with Crippen molar-refractivity contribution in [3.8, 4) is 5.75 Å². The largest absolute Gasteiger partial charge is 0.494 e. The van der Waals surface area contributed by atoms with Crippen LogP contribution in [-0.2, 0) is 9.59 Å². The van der Waals surface area contributed by atoms with Crippen LogP contribution in [0.5, 0.6) is 5.75 Å². The maximum Gasteiger partial charge on any atom is 0.282 e. The van der Waals surface area contributed by atoms with Crippen LogP contribution in [0.15, 0.2) is 78.5 Å². The number of imide groups is 1. The normalized spacial score (nSPS) is 13.7. The van der Waals surface area contributed by atoms with E-state index in [1.807, 2.05) is 81.4 Å². The summed E-state index contributed by atoms with van der Waals surface area (Å²) in [4.78, 5) is 28.2. The number of rotatable bonds is 7. The highest BCUT2D eigenvalue weighted by molar-refractivity contribution is 6.46. The molecule has 5 heteroatoms. The topological polar surface area (TPSA) is 58.6 Å². The fourth-order valence-corrected chi connectivity index (χ4v) is 3.59. The number of aryl methyl sites for hydroxylation is 2. The van der Waals surface area contributed by atoms with Crippen LogP contribution in [0.1, 0.15) is 30.0 Å². The molecule has 0 bridgehead atoms. The fraction of sp³-hybridized carbons (Fsp3) is 0.185. The zero-order valence-corrected chi connectivity index (χ0v) is 18.5. The van der Waals surface area contributed by atoms with Gasteiger partial charge in [-0.15, -0.1) is 0 Å². The predicted octanol–water partition coefficient (Wildman–Crippen LogP) is 5.49. The Morgan fingerprint density at radius 1 is 0.844 bits per heavy atom. The van der Waals surface area contributed by atoms with E-state index in [1.54, 1.807) is 12.1 Å². The van der Waals surface area contributed by atoms with Gasteiger partial charge in [0.05, 0.1) is 17.9 Å². The number of amides is 2.